The van der Waals surface area contributed by atoms with Crippen LogP contribution in [0.2, 0.25) is 0 Å². The quantitative estimate of drug-likeness (QED) is 0.595. The minimum atomic E-state index is -1.04. The van der Waals surface area contributed by atoms with Gasteiger partial charge in [-0.3, -0.25) is 0 Å². The van der Waals surface area contributed by atoms with Gasteiger partial charge in [0.2, 0.25) is 0 Å². The molecule has 0 saturated heterocycles. The number of carboxylic acid groups (broad SMARTS) is 2. The number of carboxylic acids is 2. The van der Waals surface area contributed by atoms with Crippen molar-refractivity contribution in [3.8, 4) is 10.4 Å². The van der Waals surface area contributed by atoms with Gasteiger partial charge in [-0.05, 0) is 18.1 Å². The number of hydrogen-bond donors (Lipinski definition) is 3. The van der Waals surface area contributed by atoms with Gasteiger partial charge in [0.05, 0.1) is 5.56 Å². The molecule has 2 rings (SSSR count). The maximum Gasteiger partial charge on any atom is 0.343 e. The van der Waals surface area contributed by atoms with Crippen molar-refractivity contribution in [3.05, 3.63) is 52.6 Å². The monoisotopic (exact) mass is 377 g/mol. The van der Waals surface area contributed by atoms with E-state index in [1.165, 1.54) is 29.3 Å². The van der Waals surface area contributed by atoms with Crippen molar-refractivity contribution in [2.75, 3.05) is 5.32 Å². The smallest absolute Gasteiger partial charge is 0.343 e. The summed E-state index contributed by atoms with van der Waals surface area (Å²) in [4.78, 5) is 24.0. The van der Waals surface area contributed by atoms with Gasteiger partial charge in [0, 0.05) is 16.3 Å². The Hall–Kier alpha value is -2.25. The van der Waals surface area contributed by atoms with E-state index in [-0.39, 0.29) is 15.7 Å². The van der Waals surface area contributed by atoms with Gasteiger partial charge in [-0.15, -0.1) is 23.1 Å². The van der Waals surface area contributed by atoms with Gasteiger partial charge < -0.3 is 15.5 Å². The summed E-state index contributed by atoms with van der Waals surface area (Å²) in [5.41, 5.74) is 1.76. The second kappa shape index (κ2) is 8.22. The fraction of sp³-hybridized carbons (Fsp3) is 0.222. The van der Waals surface area contributed by atoms with Crippen molar-refractivity contribution >= 4 is 40.0 Å². The van der Waals surface area contributed by atoms with Crippen molar-refractivity contribution < 1.29 is 19.8 Å². The van der Waals surface area contributed by atoms with Gasteiger partial charge in [-0.2, -0.15) is 0 Å². The Morgan fingerprint density at radius 1 is 1.20 bits per heavy atom. The van der Waals surface area contributed by atoms with Crippen LogP contribution in [0.1, 0.15) is 29.8 Å². The Morgan fingerprint density at radius 2 is 1.84 bits per heavy atom. The number of hydrogen-bond acceptors (Lipinski definition) is 5. The van der Waals surface area contributed by atoms with Crippen LogP contribution in [-0.2, 0) is 4.79 Å². The van der Waals surface area contributed by atoms with E-state index in [4.69, 9.17) is 0 Å². The molecular weight excluding hydrogens is 358 g/mol. The molecule has 0 bridgehead atoms. The van der Waals surface area contributed by atoms with E-state index in [2.05, 4.69) is 5.32 Å². The second-order valence-electron chi connectivity index (χ2n) is 5.56. The third kappa shape index (κ3) is 4.64. The normalized spacial score (nSPS) is 11.6. The molecule has 1 heterocycles. The molecule has 0 radical (unpaired) electrons. The van der Waals surface area contributed by atoms with Crippen LogP contribution in [0.3, 0.4) is 0 Å². The summed E-state index contributed by atoms with van der Waals surface area (Å²) >= 11 is 2.51. The predicted octanol–water partition coefficient (Wildman–Crippen LogP) is 4.90. The van der Waals surface area contributed by atoms with Gasteiger partial charge >= 0.3 is 11.9 Å². The molecule has 7 heteroatoms. The van der Waals surface area contributed by atoms with E-state index in [1.54, 1.807) is 6.92 Å². The van der Waals surface area contributed by atoms with Crippen LogP contribution in [0.15, 0.2) is 41.4 Å². The lowest BCUT2D eigenvalue weighted by atomic mass is 10.1. The first-order valence-corrected chi connectivity index (χ1v) is 9.29. The SMILES string of the molecule is Cc1c(-c2ccccc2)sc(NC=C(SC(C)C)C(=O)O)c1C(=O)O. The van der Waals surface area contributed by atoms with Crippen LogP contribution in [0.4, 0.5) is 5.00 Å². The number of anilines is 1. The van der Waals surface area contributed by atoms with Gasteiger partial charge in [0.25, 0.3) is 0 Å². The fourth-order valence-electron chi connectivity index (χ4n) is 2.27. The maximum absolute atomic E-state index is 11.7. The summed E-state index contributed by atoms with van der Waals surface area (Å²) < 4.78 is 0. The molecule has 1 aromatic heterocycles. The van der Waals surface area contributed by atoms with Crippen LogP contribution in [0, 0.1) is 6.92 Å². The number of benzene rings is 1. The summed E-state index contributed by atoms with van der Waals surface area (Å²) in [6.45, 7) is 5.55. The molecule has 0 atom stereocenters. The highest BCUT2D eigenvalue weighted by Crippen LogP contribution is 2.40. The largest absolute Gasteiger partial charge is 0.478 e. The molecule has 25 heavy (non-hydrogen) atoms. The van der Waals surface area contributed by atoms with Gasteiger partial charge in [0.15, 0.2) is 0 Å². The Bertz CT molecular complexity index is 810. The summed E-state index contributed by atoms with van der Waals surface area (Å²) in [6.07, 6.45) is 1.36. The Kier molecular flexibility index (Phi) is 6.27. The minimum Gasteiger partial charge on any atom is -0.478 e. The second-order valence-corrected chi connectivity index (χ2v) is 8.20. The van der Waals surface area contributed by atoms with Crippen LogP contribution in [0.5, 0.6) is 0 Å². The molecule has 0 saturated carbocycles. The van der Waals surface area contributed by atoms with E-state index in [1.807, 2.05) is 44.2 Å². The molecule has 3 N–H and O–H groups in total. The van der Waals surface area contributed by atoms with Crippen molar-refractivity contribution in [2.24, 2.45) is 0 Å². The molecule has 0 unspecified atom stereocenters. The molecule has 2 aromatic rings. The van der Waals surface area contributed by atoms with Gasteiger partial charge in [-0.1, -0.05) is 44.2 Å². The molecule has 0 aliphatic rings. The van der Waals surface area contributed by atoms with E-state index >= 15 is 0 Å². The molecule has 0 fully saturated rings. The highest BCUT2D eigenvalue weighted by Gasteiger charge is 2.21. The van der Waals surface area contributed by atoms with Crippen LogP contribution in [0.25, 0.3) is 10.4 Å². The number of aliphatic carboxylic acids is 1. The molecule has 0 spiro atoms. The van der Waals surface area contributed by atoms with Gasteiger partial charge in [-0.25, -0.2) is 9.59 Å². The van der Waals surface area contributed by atoms with Crippen molar-refractivity contribution in [2.45, 2.75) is 26.0 Å². The first-order chi connectivity index (χ1) is 11.8. The Morgan fingerprint density at radius 3 is 2.36 bits per heavy atom. The summed E-state index contributed by atoms with van der Waals surface area (Å²) in [6, 6.07) is 9.52. The molecule has 0 amide bonds. The van der Waals surface area contributed by atoms with Crippen molar-refractivity contribution in [1.82, 2.24) is 0 Å². The topological polar surface area (TPSA) is 86.6 Å². The average Bonchev–Trinajstić information content (AvgIpc) is 2.88. The zero-order chi connectivity index (χ0) is 18.6. The lowest BCUT2D eigenvalue weighted by molar-refractivity contribution is -0.131. The Balaban J connectivity index is 2.44. The van der Waals surface area contributed by atoms with Crippen molar-refractivity contribution in [1.29, 1.82) is 0 Å². The molecule has 132 valence electrons. The number of aromatic carboxylic acids is 1. The third-order valence-electron chi connectivity index (χ3n) is 3.30. The van der Waals surface area contributed by atoms with E-state index in [0.29, 0.717) is 10.6 Å². The zero-order valence-corrected chi connectivity index (χ0v) is 15.7. The summed E-state index contributed by atoms with van der Waals surface area (Å²) in [7, 11) is 0. The lowest BCUT2D eigenvalue weighted by Crippen LogP contribution is -2.05. The average molecular weight is 377 g/mol. The van der Waals surface area contributed by atoms with Crippen molar-refractivity contribution in [3.63, 3.8) is 0 Å². The van der Waals surface area contributed by atoms with E-state index in [9.17, 15) is 19.8 Å². The summed E-state index contributed by atoms with van der Waals surface area (Å²) in [5.74, 6) is -2.08. The van der Waals surface area contributed by atoms with Crippen LogP contribution in [-0.4, -0.2) is 27.4 Å². The van der Waals surface area contributed by atoms with Crippen LogP contribution >= 0.6 is 23.1 Å². The summed E-state index contributed by atoms with van der Waals surface area (Å²) in [5, 5.41) is 22.2. The van der Waals surface area contributed by atoms with E-state index < -0.39 is 11.9 Å². The van der Waals surface area contributed by atoms with Crippen LogP contribution < -0.4 is 5.32 Å². The molecular formula is C18H19NO4S2. The lowest BCUT2D eigenvalue weighted by Gasteiger charge is -2.06. The number of thiophene rings is 1. The number of thioether (sulfide) groups is 1. The zero-order valence-electron chi connectivity index (χ0n) is 14.1. The van der Waals surface area contributed by atoms with Gasteiger partial charge in [0.1, 0.15) is 9.91 Å². The maximum atomic E-state index is 11.7. The fourth-order valence-corrected chi connectivity index (χ4v) is 4.18. The van der Waals surface area contributed by atoms with E-state index in [0.717, 1.165) is 10.4 Å². The number of nitrogens with one attached hydrogen (secondary N) is 1. The first kappa shape index (κ1) is 19.1. The third-order valence-corrected chi connectivity index (χ3v) is 5.59. The predicted molar refractivity (Wildman–Crippen MR) is 104 cm³/mol. The highest BCUT2D eigenvalue weighted by atomic mass is 32.2. The highest BCUT2D eigenvalue weighted by molar-refractivity contribution is 8.04. The molecule has 0 aliphatic carbocycles. The first-order valence-electron chi connectivity index (χ1n) is 7.60. The molecule has 1 aromatic carbocycles. The molecule has 5 nitrogen and oxygen atoms in total. The molecule has 0 aliphatic heterocycles. The standard InChI is InChI=1S/C18H19NO4S2/c1-10(2)24-13(17(20)21)9-19-16-14(18(22)23)11(3)15(25-16)12-7-5-4-6-8-12/h4-10,19H,1-3H3,(H,20,21)(H,22,23). The Labute approximate surface area is 154 Å². The number of carbonyl (C=O) groups is 2. The minimum absolute atomic E-state index is 0.105. The number of rotatable bonds is 7.